The molecule has 198 valence electrons. The van der Waals surface area contributed by atoms with Gasteiger partial charge in [-0.15, -0.1) is 0 Å². The molecule has 1 saturated heterocycles. The second kappa shape index (κ2) is 12.6. The van der Waals surface area contributed by atoms with Crippen molar-refractivity contribution in [2.45, 2.75) is 31.8 Å². The molecule has 37 heavy (non-hydrogen) atoms. The molecule has 0 radical (unpaired) electrons. The van der Waals surface area contributed by atoms with Gasteiger partial charge in [0.05, 0.1) is 28.9 Å². The third kappa shape index (κ3) is 6.20. The van der Waals surface area contributed by atoms with E-state index in [1.165, 1.54) is 11.9 Å². The van der Waals surface area contributed by atoms with Gasteiger partial charge in [0.1, 0.15) is 18.1 Å². The number of hydrogen-bond acceptors (Lipinski definition) is 6. The minimum absolute atomic E-state index is 0.210. The van der Waals surface area contributed by atoms with E-state index in [1.807, 2.05) is 18.2 Å². The van der Waals surface area contributed by atoms with Gasteiger partial charge >= 0.3 is 0 Å². The Morgan fingerprint density at radius 2 is 1.89 bits per heavy atom. The SMILES string of the molecule is CNC(=O)C(CCC=O)N1Cc2c(OCCCN3CCN(c4cccc(Cl)c4Cl)CC3)cccc2C1=O. The first-order chi connectivity index (χ1) is 17.9. The van der Waals surface area contributed by atoms with Crippen molar-refractivity contribution in [1.29, 1.82) is 0 Å². The van der Waals surface area contributed by atoms with Crippen LogP contribution in [0.3, 0.4) is 0 Å². The van der Waals surface area contributed by atoms with Crippen LogP contribution in [-0.4, -0.2) is 80.3 Å². The van der Waals surface area contributed by atoms with Crippen molar-refractivity contribution >= 4 is 47.0 Å². The van der Waals surface area contributed by atoms with Gasteiger partial charge in [0.2, 0.25) is 5.91 Å². The van der Waals surface area contributed by atoms with E-state index < -0.39 is 6.04 Å². The molecule has 1 N–H and O–H groups in total. The van der Waals surface area contributed by atoms with E-state index in [2.05, 4.69) is 15.1 Å². The number of nitrogens with zero attached hydrogens (tertiary/aromatic N) is 3. The highest BCUT2D eigenvalue weighted by molar-refractivity contribution is 6.43. The van der Waals surface area contributed by atoms with Crippen LogP contribution < -0.4 is 15.0 Å². The molecule has 2 amide bonds. The minimum atomic E-state index is -0.691. The van der Waals surface area contributed by atoms with Crippen LogP contribution in [0.25, 0.3) is 0 Å². The van der Waals surface area contributed by atoms with Crippen LogP contribution in [0.4, 0.5) is 5.69 Å². The number of amides is 2. The van der Waals surface area contributed by atoms with Crippen molar-refractivity contribution in [3.05, 3.63) is 57.6 Å². The van der Waals surface area contributed by atoms with Crippen LogP contribution in [-0.2, 0) is 16.1 Å². The second-order valence-electron chi connectivity index (χ2n) is 9.19. The monoisotopic (exact) mass is 546 g/mol. The maximum absolute atomic E-state index is 13.1. The molecule has 0 bridgehead atoms. The van der Waals surface area contributed by atoms with Crippen LogP contribution in [0, 0.1) is 0 Å². The summed E-state index contributed by atoms with van der Waals surface area (Å²) in [7, 11) is 1.53. The molecular weight excluding hydrogens is 515 g/mol. The third-order valence-corrected chi connectivity index (χ3v) is 7.77. The lowest BCUT2D eigenvalue weighted by atomic mass is 10.1. The molecule has 2 aromatic carbocycles. The van der Waals surface area contributed by atoms with Crippen molar-refractivity contribution < 1.29 is 19.1 Å². The predicted molar refractivity (Wildman–Crippen MR) is 145 cm³/mol. The minimum Gasteiger partial charge on any atom is -0.493 e. The summed E-state index contributed by atoms with van der Waals surface area (Å²) in [6, 6.07) is 10.5. The smallest absolute Gasteiger partial charge is 0.255 e. The molecule has 1 atom stereocenters. The summed E-state index contributed by atoms with van der Waals surface area (Å²) < 4.78 is 6.10. The molecule has 1 fully saturated rings. The number of fused-ring (bicyclic) bond motifs is 1. The lowest BCUT2D eigenvalue weighted by Crippen LogP contribution is -2.46. The summed E-state index contributed by atoms with van der Waals surface area (Å²) in [6.07, 6.45) is 2.11. The molecule has 4 rings (SSSR count). The van der Waals surface area contributed by atoms with Gasteiger partial charge in [-0.3, -0.25) is 14.5 Å². The van der Waals surface area contributed by atoms with E-state index in [-0.39, 0.29) is 31.2 Å². The molecule has 8 nitrogen and oxygen atoms in total. The van der Waals surface area contributed by atoms with Crippen molar-refractivity contribution in [3.63, 3.8) is 0 Å². The maximum atomic E-state index is 13.1. The van der Waals surface area contributed by atoms with Gasteiger partial charge in [0.25, 0.3) is 5.91 Å². The highest BCUT2D eigenvalue weighted by Gasteiger charge is 2.37. The van der Waals surface area contributed by atoms with Crippen LogP contribution >= 0.6 is 23.2 Å². The molecule has 0 aromatic heterocycles. The van der Waals surface area contributed by atoms with E-state index in [1.54, 1.807) is 18.2 Å². The van der Waals surface area contributed by atoms with E-state index in [9.17, 15) is 14.4 Å². The Bertz CT molecular complexity index is 1140. The number of piperazine rings is 1. The summed E-state index contributed by atoms with van der Waals surface area (Å²) in [5.41, 5.74) is 2.32. The normalized spacial score (nSPS) is 16.5. The van der Waals surface area contributed by atoms with Gasteiger partial charge in [-0.1, -0.05) is 35.3 Å². The number of hydrogen-bond donors (Lipinski definition) is 1. The number of anilines is 1. The fourth-order valence-corrected chi connectivity index (χ4v) is 5.37. The lowest BCUT2D eigenvalue weighted by Gasteiger charge is -2.36. The van der Waals surface area contributed by atoms with E-state index in [4.69, 9.17) is 27.9 Å². The summed E-state index contributed by atoms with van der Waals surface area (Å²) >= 11 is 12.6. The number of ether oxygens (including phenoxy) is 1. The van der Waals surface area contributed by atoms with Crippen LogP contribution in [0.1, 0.15) is 35.2 Å². The number of aldehydes is 1. The van der Waals surface area contributed by atoms with Gasteiger partial charge < -0.3 is 24.6 Å². The molecule has 2 heterocycles. The Hall–Kier alpha value is -2.81. The largest absolute Gasteiger partial charge is 0.493 e. The van der Waals surface area contributed by atoms with E-state index in [0.717, 1.165) is 56.7 Å². The molecule has 0 spiro atoms. The first-order valence-corrected chi connectivity index (χ1v) is 13.3. The number of rotatable bonds is 11. The van der Waals surface area contributed by atoms with Gasteiger partial charge in [-0.05, 0) is 37.1 Å². The second-order valence-corrected chi connectivity index (χ2v) is 9.98. The maximum Gasteiger partial charge on any atom is 0.255 e. The first-order valence-electron chi connectivity index (χ1n) is 12.6. The summed E-state index contributed by atoms with van der Waals surface area (Å²) in [6.45, 7) is 5.32. The Kier molecular flexibility index (Phi) is 9.29. The molecule has 1 unspecified atom stereocenters. The molecule has 2 aromatic rings. The zero-order chi connectivity index (χ0) is 26.4. The topological polar surface area (TPSA) is 82.2 Å². The molecular formula is C27H32Cl2N4O4. The fraction of sp³-hybridized carbons (Fsp3) is 0.444. The predicted octanol–water partition coefficient (Wildman–Crippen LogP) is 3.63. The Labute approximate surface area is 227 Å². The van der Waals surface area contributed by atoms with Crippen molar-refractivity contribution in [3.8, 4) is 5.75 Å². The molecule has 2 aliphatic rings. The molecule has 10 heteroatoms. The van der Waals surface area contributed by atoms with Crippen molar-refractivity contribution in [2.24, 2.45) is 0 Å². The Morgan fingerprint density at radius 1 is 1.14 bits per heavy atom. The van der Waals surface area contributed by atoms with Crippen molar-refractivity contribution in [2.75, 3.05) is 51.3 Å². The summed E-state index contributed by atoms with van der Waals surface area (Å²) in [5.74, 6) is 0.181. The van der Waals surface area contributed by atoms with Gasteiger partial charge in [0, 0.05) is 57.3 Å². The quantitative estimate of drug-likeness (QED) is 0.342. The molecule has 0 aliphatic carbocycles. The lowest BCUT2D eigenvalue weighted by molar-refractivity contribution is -0.125. The standard InChI is InChI=1S/C27H32Cl2N4O4/c1-30-26(35)23(9-4-16-34)33-18-20-19(27(33)36)6-2-10-24(20)37-17-5-11-31-12-14-32(15-13-31)22-8-3-7-21(28)25(22)29/h2-3,6-8,10,16,23H,4-5,9,11-15,17-18H2,1H3,(H,30,35). The Morgan fingerprint density at radius 3 is 2.62 bits per heavy atom. The highest BCUT2D eigenvalue weighted by atomic mass is 35.5. The number of benzene rings is 2. The number of carbonyl (C=O) groups is 3. The zero-order valence-electron chi connectivity index (χ0n) is 20.9. The van der Waals surface area contributed by atoms with Crippen LogP contribution in [0.2, 0.25) is 10.0 Å². The number of carbonyl (C=O) groups excluding carboxylic acids is 3. The van der Waals surface area contributed by atoms with E-state index in [0.29, 0.717) is 28.0 Å². The van der Waals surface area contributed by atoms with Crippen LogP contribution in [0.5, 0.6) is 5.75 Å². The van der Waals surface area contributed by atoms with Crippen LogP contribution in [0.15, 0.2) is 36.4 Å². The molecule has 2 aliphatic heterocycles. The average molecular weight is 547 g/mol. The van der Waals surface area contributed by atoms with Gasteiger partial charge in [0.15, 0.2) is 0 Å². The van der Waals surface area contributed by atoms with Gasteiger partial charge in [-0.25, -0.2) is 0 Å². The van der Waals surface area contributed by atoms with Crippen molar-refractivity contribution in [1.82, 2.24) is 15.1 Å². The fourth-order valence-electron chi connectivity index (χ4n) is 4.95. The van der Waals surface area contributed by atoms with E-state index >= 15 is 0 Å². The Balaban J connectivity index is 1.28. The zero-order valence-corrected chi connectivity index (χ0v) is 22.4. The summed E-state index contributed by atoms with van der Waals surface area (Å²) in [5, 5.41) is 3.77. The number of likely N-dealkylation sites (N-methyl/N-ethyl adjacent to an activating group) is 1. The molecule has 0 saturated carbocycles. The highest BCUT2D eigenvalue weighted by Crippen LogP contribution is 2.34. The summed E-state index contributed by atoms with van der Waals surface area (Å²) in [4.78, 5) is 42.5. The van der Waals surface area contributed by atoms with Gasteiger partial charge in [-0.2, -0.15) is 0 Å². The average Bonchev–Trinajstić information content (AvgIpc) is 3.25. The number of nitrogens with one attached hydrogen (secondary N) is 1. The number of halogens is 2. The third-order valence-electron chi connectivity index (χ3n) is 6.96. The first kappa shape index (κ1) is 27.2.